The quantitative estimate of drug-likeness (QED) is 0.232. The van der Waals surface area contributed by atoms with Gasteiger partial charge in [0.25, 0.3) is 10.1 Å². The van der Waals surface area contributed by atoms with Crippen LogP contribution in [0.2, 0.25) is 0 Å². The Balaban J connectivity index is 2.41. The molecule has 5 nitrogen and oxygen atoms in total. The molecule has 0 saturated heterocycles. The Labute approximate surface area is 185 Å². The molecule has 0 saturated carbocycles. The van der Waals surface area contributed by atoms with Crippen molar-refractivity contribution in [2.45, 2.75) is 39.0 Å². The van der Waals surface area contributed by atoms with Gasteiger partial charge in [-0.1, -0.05) is 68.5 Å². The minimum absolute atomic E-state index is 0.242. The number of aliphatic imine (C=N–C) groups is 1. The number of unbranched alkanes of at least 4 members (excludes halogenated alkanes) is 1. The molecule has 0 fully saturated rings. The van der Waals surface area contributed by atoms with Crippen LogP contribution in [0.4, 0.5) is 0 Å². The number of nitrogens with zero attached hydrogens (tertiary/aromatic N) is 1. The molecule has 166 valence electrons. The average molecular weight is 441 g/mol. The highest BCUT2D eigenvalue weighted by atomic mass is 32.2. The average Bonchev–Trinajstić information content (AvgIpc) is 2.70. The highest BCUT2D eigenvalue weighted by molar-refractivity contribution is 7.85. The maximum Gasteiger partial charge on any atom is 0.264 e. The second kappa shape index (κ2) is 11.1. The zero-order valence-corrected chi connectivity index (χ0v) is 19.3. The number of nitrogens with two attached hydrogens (primary N) is 1. The Morgan fingerprint density at radius 3 is 2.48 bits per heavy atom. The van der Waals surface area contributed by atoms with E-state index in [9.17, 15) is 8.42 Å². The van der Waals surface area contributed by atoms with Crippen LogP contribution in [0.1, 0.15) is 37.8 Å². The molecule has 0 radical (unpaired) electrons. The normalized spacial score (nSPS) is 13.9. The molecule has 2 aromatic rings. The molecule has 0 spiro atoms. The fourth-order valence-electron chi connectivity index (χ4n) is 3.73. The number of hydrogen-bond acceptors (Lipinski definition) is 4. The van der Waals surface area contributed by atoms with E-state index in [0.29, 0.717) is 19.4 Å². The predicted octanol–water partition coefficient (Wildman–Crippen LogP) is 5.12. The zero-order valence-electron chi connectivity index (χ0n) is 18.5. The zero-order chi connectivity index (χ0) is 22.9. The SMILES string of the molecule is Cc1ccc2ccccc2c1C(C)(C)C(/C=C/C=C/C=C/N)=NCCCCS(=O)(=O)O. The molecular formula is C25H32N2O3S. The summed E-state index contributed by atoms with van der Waals surface area (Å²) in [6.07, 6.45) is 11.8. The first-order valence-corrected chi connectivity index (χ1v) is 12.0. The van der Waals surface area contributed by atoms with Gasteiger partial charge in [-0.25, -0.2) is 0 Å². The van der Waals surface area contributed by atoms with Crippen LogP contribution in [0.25, 0.3) is 10.8 Å². The molecule has 3 N–H and O–H groups in total. The predicted molar refractivity (Wildman–Crippen MR) is 131 cm³/mol. The Bertz CT molecular complexity index is 1110. The third-order valence-electron chi connectivity index (χ3n) is 5.19. The summed E-state index contributed by atoms with van der Waals surface area (Å²) in [4.78, 5) is 4.83. The molecule has 0 atom stereocenters. The van der Waals surface area contributed by atoms with Crippen LogP contribution in [0, 0.1) is 6.92 Å². The lowest BCUT2D eigenvalue weighted by Gasteiger charge is -2.29. The van der Waals surface area contributed by atoms with Gasteiger partial charge in [0.05, 0.1) is 5.75 Å². The summed E-state index contributed by atoms with van der Waals surface area (Å²) in [5.41, 5.74) is 8.31. The van der Waals surface area contributed by atoms with E-state index in [0.717, 1.165) is 5.71 Å². The molecule has 0 aliphatic heterocycles. The smallest absolute Gasteiger partial charge is 0.264 e. The van der Waals surface area contributed by atoms with Gasteiger partial charge >= 0.3 is 0 Å². The van der Waals surface area contributed by atoms with Crippen molar-refractivity contribution in [2.24, 2.45) is 10.7 Å². The highest BCUT2D eigenvalue weighted by Crippen LogP contribution is 2.35. The van der Waals surface area contributed by atoms with Gasteiger partial charge < -0.3 is 5.73 Å². The first-order chi connectivity index (χ1) is 14.7. The van der Waals surface area contributed by atoms with E-state index in [1.807, 2.05) is 36.4 Å². The van der Waals surface area contributed by atoms with Crippen molar-refractivity contribution in [3.63, 3.8) is 0 Å². The highest BCUT2D eigenvalue weighted by Gasteiger charge is 2.29. The lowest BCUT2D eigenvalue weighted by molar-refractivity contribution is 0.480. The summed E-state index contributed by atoms with van der Waals surface area (Å²) in [6, 6.07) is 12.6. The number of aryl methyl sites for hydroxylation is 1. The van der Waals surface area contributed by atoms with Crippen LogP contribution in [0.3, 0.4) is 0 Å². The fourth-order valence-corrected chi connectivity index (χ4v) is 4.30. The van der Waals surface area contributed by atoms with Crippen molar-refractivity contribution in [2.75, 3.05) is 12.3 Å². The van der Waals surface area contributed by atoms with Gasteiger partial charge in [0.2, 0.25) is 0 Å². The van der Waals surface area contributed by atoms with E-state index < -0.39 is 10.1 Å². The molecule has 6 heteroatoms. The minimum Gasteiger partial charge on any atom is -0.405 e. The van der Waals surface area contributed by atoms with E-state index in [1.54, 1.807) is 6.08 Å². The number of hydrogen-bond donors (Lipinski definition) is 2. The molecule has 0 aromatic heterocycles. The van der Waals surface area contributed by atoms with Crippen LogP contribution in [-0.2, 0) is 15.5 Å². The van der Waals surface area contributed by atoms with Crippen molar-refractivity contribution < 1.29 is 13.0 Å². The lowest BCUT2D eigenvalue weighted by atomic mass is 9.75. The number of allylic oxidation sites excluding steroid dienone is 5. The summed E-state index contributed by atoms with van der Waals surface area (Å²) in [5, 5.41) is 2.38. The molecule has 31 heavy (non-hydrogen) atoms. The maximum atomic E-state index is 10.9. The second-order valence-corrected chi connectivity index (χ2v) is 9.56. The molecule has 0 aliphatic carbocycles. The molecule has 2 aromatic carbocycles. The van der Waals surface area contributed by atoms with E-state index in [-0.39, 0.29) is 11.2 Å². The first kappa shape index (κ1) is 24.6. The summed E-state index contributed by atoms with van der Waals surface area (Å²) in [5.74, 6) is -0.242. The number of fused-ring (bicyclic) bond motifs is 1. The van der Waals surface area contributed by atoms with Gasteiger partial charge in [-0.15, -0.1) is 0 Å². The third-order valence-corrected chi connectivity index (χ3v) is 6.00. The van der Waals surface area contributed by atoms with Crippen molar-refractivity contribution in [3.05, 3.63) is 84.1 Å². The summed E-state index contributed by atoms with van der Waals surface area (Å²) in [7, 11) is -3.94. The molecule has 0 bridgehead atoms. The number of rotatable bonds is 10. The van der Waals surface area contributed by atoms with Gasteiger partial charge in [-0.05, 0) is 60.0 Å². The minimum atomic E-state index is -3.94. The topological polar surface area (TPSA) is 92.8 Å². The molecular weight excluding hydrogens is 408 g/mol. The molecule has 2 rings (SSSR count). The Morgan fingerprint density at radius 2 is 1.77 bits per heavy atom. The van der Waals surface area contributed by atoms with E-state index in [4.69, 9.17) is 15.3 Å². The van der Waals surface area contributed by atoms with Gasteiger partial charge in [-0.2, -0.15) is 8.42 Å². The van der Waals surface area contributed by atoms with Crippen molar-refractivity contribution >= 4 is 26.6 Å². The summed E-state index contributed by atoms with van der Waals surface area (Å²) < 4.78 is 30.8. The van der Waals surface area contributed by atoms with Crippen LogP contribution in [0.5, 0.6) is 0 Å². The van der Waals surface area contributed by atoms with Crippen LogP contribution in [0.15, 0.2) is 78.0 Å². The van der Waals surface area contributed by atoms with Crippen molar-refractivity contribution in [1.82, 2.24) is 0 Å². The number of benzene rings is 2. The van der Waals surface area contributed by atoms with Gasteiger partial charge in [0.15, 0.2) is 0 Å². The Hall–Kier alpha value is -2.70. The summed E-state index contributed by atoms with van der Waals surface area (Å²) >= 11 is 0. The summed E-state index contributed by atoms with van der Waals surface area (Å²) in [6.45, 7) is 6.91. The van der Waals surface area contributed by atoms with E-state index in [1.165, 1.54) is 28.1 Å². The largest absolute Gasteiger partial charge is 0.405 e. The van der Waals surface area contributed by atoms with Gasteiger partial charge in [0, 0.05) is 17.7 Å². The van der Waals surface area contributed by atoms with Crippen LogP contribution < -0.4 is 5.73 Å². The first-order valence-electron chi connectivity index (χ1n) is 10.4. The van der Waals surface area contributed by atoms with Gasteiger partial charge in [0.1, 0.15) is 0 Å². The van der Waals surface area contributed by atoms with Gasteiger partial charge in [-0.3, -0.25) is 9.55 Å². The van der Waals surface area contributed by atoms with Crippen molar-refractivity contribution in [1.29, 1.82) is 0 Å². The third kappa shape index (κ3) is 7.19. The second-order valence-electron chi connectivity index (χ2n) is 7.99. The molecule has 0 heterocycles. The van der Waals surface area contributed by atoms with Crippen LogP contribution in [-0.4, -0.2) is 31.0 Å². The Kier molecular flexibility index (Phi) is 8.77. The van der Waals surface area contributed by atoms with Crippen molar-refractivity contribution in [3.8, 4) is 0 Å². The maximum absolute atomic E-state index is 10.9. The molecule has 0 amide bonds. The van der Waals surface area contributed by atoms with Crippen LogP contribution >= 0.6 is 0 Å². The monoisotopic (exact) mass is 440 g/mol. The standard InChI is InChI=1S/C25H32N2O3S/c1-20-15-16-21-12-7-8-13-22(21)24(20)25(2,3)23(14-6-4-5-9-17-26)27-18-10-11-19-31(28,29)30/h4-9,12-17H,10-11,18-19,26H2,1-3H3,(H,28,29,30)/b5-4+,14-6+,17-9+,27-23?. The Morgan fingerprint density at radius 1 is 1.06 bits per heavy atom. The fraction of sp³-hybridized carbons (Fsp3) is 0.320. The lowest BCUT2D eigenvalue weighted by Crippen LogP contribution is -2.29. The molecule has 0 unspecified atom stereocenters. The van der Waals surface area contributed by atoms with E-state index >= 15 is 0 Å². The van der Waals surface area contributed by atoms with E-state index in [2.05, 4.69) is 45.0 Å². The molecule has 0 aliphatic rings.